The normalized spacial score (nSPS) is 15.0. The Morgan fingerprint density at radius 3 is 3.05 bits per heavy atom. The Kier molecular flexibility index (Phi) is 5.46. The summed E-state index contributed by atoms with van der Waals surface area (Å²) in [5.41, 5.74) is 0. The molecule has 0 aromatic carbocycles. The third-order valence-electron chi connectivity index (χ3n) is 2.37. The summed E-state index contributed by atoms with van der Waals surface area (Å²) in [6, 6.07) is 0. The first-order valence-electron chi connectivity index (χ1n) is 5.87. The number of nitrogens with one attached hydrogen (secondary N) is 1. The van der Waals surface area contributed by atoms with Gasteiger partial charge in [0.2, 0.25) is 11.0 Å². The summed E-state index contributed by atoms with van der Waals surface area (Å²) >= 11 is 4.27. The second-order valence-electron chi connectivity index (χ2n) is 3.71. The zero-order valence-corrected chi connectivity index (χ0v) is 12.9. The standard InChI is InChI=1S/C10H14N4O2S3/c1-2-17-9-13-12-8(19-9)11-7(15)3-4-14-5-6-18-10(14)16/h2-6H2,1H3,(H,11,12,15). The lowest BCUT2D eigenvalue weighted by atomic mass is 10.4. The molecule has 2 heterocycles. The van der Waals surface area contributed by atoms with E-state index in [4.69, 9.17) is 0 Å². The summed E-state index contributed by atoms with van der Waals surface area (Å²) < 4.78 is 0.851. The number of rotatable bonds is 6. The van der Waals surface area contributed by atoms with Gasteiger partial charge in [-0.3, -0.25) is 9.59 Å². The van der Waals surface area contributed by atoms with E-state index in [1.807, 2.05) is 6.92 Å². The molecule has 0 aliphatic carbocycles. The molecule has 0 radical (unpaired) electrons. The van der Waals surface area contributed by atoms with E-state index < -0.39 is 0 Å². The summed E-state index contributed by atoms with van der Waals surface area (Å²) in [7, 11) is 0. The summed E-state index contributed by atoms with van der Waals surface area (Å²) in [4.78, 5) is 24.8. The molecule has 9 heteroatoms. The number of thioether (sulfide) groups is 2. The molecule has 1 aromatic rings. The van der Waals surface area contributed by atoms with E-state index in [1.54, 1.807) is 16.7 Å². The monoisotopic (exact) mass is 318 g/mol. The highest BCUT2D eigenvalue weighted by molar-refractivity contribution is 8.13. The lowest BCUT2D eigenvalue weighted by Gasteiger charge is -2.13. The van der Waals surface area contributed by atoms with Crippen LogP contribution in [-0.4, -0.2) is 50.8 Å². The number of carbonyl (C=O) groups is 2. The Morgan fingerprint density at radius 1 is 1.53 bits per heavy atom. The Balaban J connectivity index is 1.75. The molecule has 0 unspecified atom stereocenters. The minimum absolute atomic E-state index is 0.0605. The molecule has 1 N–H and O–H groups in total. The van der Waals surface area contributed by atoms with E-state index >= 15 is 0 Å². The summed E-state index contributed by atoms with van der Waals surface area (Å²) in [5, 5.41) is 11.1. The van der Waals surface area contributed by atoms with E-state index in [-0.39, 0.29) is 11.1 Å². The Hall–Kier alpha value is -0.800. The zero-order valence-electron chi connectivity index (χ0n) is 10.4. The zero-order chi connectivity index (χ0) is 13.7. The Labute approximate surface area is 123 Å². The second-order valence-corrected chi connectivity index (χ2v) is 7.24. The van der Waals surface area contributed by atoms with Crippen molar-refractivity contribution >= 4 is 51.1 Å². The molecule has 2 rings (SSSR count). The summed E-state index contributed by atoms with van der Waals surface area (Å²) in [6.07, 6.45) is 0.294. The highest BCUT2D eigenvalue weighted by atomic mass is 32.2. The van der Waals surface area contributed by atoms with Gasteiger partial charge in [-0.15, -0.1) is 10.2 Å². The molecule has 0 spiro atoms. The van der Waals surface area contributed by atoms with Crippen LogP contribution in [0, 0.1) is 0 Å². The molecule has 0 saturated carbocycles. The number of amides is 2. The van der Waals surface area contributed by atoms with Crippen molar-refractivity contribution in [3.63, 3.8) is 0 Å². The van der Waals surface area contributed by atoms with Gasteiger partial charge in [-0.05, 0) is 5.75 Å². The molecule has 0 atom stereocenters. The lowest BCUT2D eigenvalue weighted by molar-refractivity contribution is -0.116. The highest BCUT2D eigenvalue weighted by Crippen LogP contribution is 2.25. The lowest BCUT2D eigenvalue weighted by Crippen LogP contribution is -2.27. The molecule has 1 aliphatic heterocycles. The van der Waals surface area contributed by atoms with Crippen LogP contribution < -0.4 is 5.32 Å². The van der Waals surface area contributed by atoms with Crippen LogP contribution >= 0.6 is 34.9 Å². The number of aromatic nitrogens is 2. The fourth-order valence-electron chi connectivity index (χ4n) is 1.49. The van der Waals surface area contributed by atoms with Gasteiger partial charge in [-0.1, -0.05) is 41.8 Å². The van der Waals surface area contributed by atoms with Gasteiger partial charge >= 0.3 is 0 Å². The molecular weight excluding hydrogens is 304 g/mol. The van der Waals surface area contributed by atoms with Crippen molar-refractivity contribution in [3.05, 3.63) is 0 Å². The van der Waals surface area contributed by atoms with Gasteiger partial charge in [0.15, 0.2) is 4.34 Å². The number of hydrogen-bond donors (Lipinski definition) is 1. The van der Waals surface area contributed by atoms with Gasteiger partial charge in [0.25, 0.3) is 5.24 Å². The predicted octanol–water partition coefficient (Wildman–Crippen LogP) is 2.15. The maximum atomic E-state index is 11.7. The van der Waals surface area contributed by atoms with E-state index in [1.165, 1.54) is 23.1 Å². The maximum Gasteiger partial charge on any atom is 0.281 e. The van der Waals surface area contributed by atoms with E-state index in [9.17, 15) is 9.59 Å². The molecular formula is C10H14N4O2S3. The van der Waals surface area contributed by atoms with E-state index in [0.717, 1.165) is 22.4 Å². The molecule has 2 amide bonds. The molecule has 1 aromatic heterocycles. The van der Waals surface area contributed by atoms with Gasteiger partial charge in [-0.25, -0.2) is 0 Å². The number of nitrogens with zero attached hydrogens (tertiary/aromatic N) is 3. The van der Waals surface area contributed by atoms with Crippen molar-refractivity contribution in [3.8, 4) is 0 Å². The van der Waals surface area contributed by atoms with Gasteiger partial charge in [0.05, 0.1) is 0 Å². The first-order chi connectivity index (χ1) is 9.19. The third-order valence-corrected chi connectivity index (χ3v) is 5.12. The van der Waals surface area contributed by atoms with Crippen molar-refractivity contribution in [2.75, 3.05) is 29.9 Å². The maximum absolute atomic E-state index is 11.7. The van der Waals surface area contributed by atoms with Crippen LogP contribution in [0.2, 0.25) is 0 Å². The minimum Gasteiger partial charge on any atom is -0.332 e. The molecule has 0 bridgehead atoms. The van der Waals surface area contributed by atoms with Crippen molar-refractivity contribution in [2.24, 2.45) is 0 Å². The van der Waals surface area contributed by atoms with E-state index in [0.29, 0.717) is 18.1 Å². The predicted molar refractivity (Wildman–Crippen MR) is 79.0 cm³/mol. The van der Waals surface area contributed by atoms with Crippen molar-refractivity contribution in [1.29, 1.82) is 0 Å². The first kappa shape index (κ1) is 14.6. The smallest absolute Gasteiger partial charge is 0.281 e. The topological polar surface area (TPSA) is 75.2 Å². The highest BCUT2D eigenvalue weighted by Gasteiger charge is 2.21. The first-order valence-corrected chi connectivity index (χ1v) is 8.65. The van der Waals surface area contributed by atoms with Crippen molar-refractivity contribution in [2.45, 2.75) is 17.7 Å². The van der Waals surface area contributed by atoms with Crippen LogP contribution in [0.25, 0.3) is 0 Å². The van der Waals surface area contributed by atoms with Gasteiger partial charge in [0, 0.05) is 25.3 Å². The molecule has 6 nitrogen and oxygen atoms in total. The third kappa shape index (κ3) is 4.36. The van der Waals surface area contributed by atoms with Crippen molar-refractivity contribution in [1.82, 2.24) is 15.1 Å². The van der Waals surface area contributed by atoms with Crippen LogP contribution in [0.4, 0.5) is 9.93 Å². The fourth-order valence-corrected chi connectivity index (χ4v) is 4.01. The van der Waals surface area contributed by atoms with Crippen LogP contribution in [0.1, 0.15) is 13.3 Å². The molecule has 1 fully saturated rings. The molecule has 19 heavy (non-hydrogen) atoms. The molecule has 104 valence electrons. The fraction of sp³-hybridized carbons (Fsp3) is 0.600. The van der Waals surface area contributed by atoms with Gasteiger partial charge in [0.1, 0.15) is 0 Å². The largest absolute Gasteiger partial charge is 0.332 e. The van der Waals surface area contributed by atoms with Crippen LogP contribution in [0.3, 0.4) is 0 Å². The van der Waals surface area contributed by atoms with Crippen LogP contribution in [0.5, 0.6) is 0 Å². The Bertz CT molecular complexity index is 465. The van der Waals surface area contributed by atoms with Crippen LogP contribution in [0.15, 0.2) is 4.34 Å². The second kappa shape index (κ2) is 7.11. The number of anilines is 1. The van der Waals surface area contributed by atoms with Crippen molar-refractivity contribution < 1.29 is 9.59 Å². The summed E-state index contributed by atoms with van der Waals surface area (Å²) in [6.45, 7) is 3.23. The minimum atomic E-state index is -0.131. The Morgan fingerprint density at radius 2 is 2.37 bits per heavy atom. The number of hydrogen-bond acceptors (Lipinski definition) is 7. The van der Waals surface area contributed by atoms with Crippen LogP contribution in [-0.2, 0) is 4.79 Å². The van der Waals surface area contributed by atoms with E-state index in [2.05, 4.69) is 15.5 Å². The van der Waals surface area contributed by atoms with Gasteiger partial charge < -0.3 is 10.2 Å². The average molecular weight is 318 g/mol. The average Bonchev–Trinajstić information content (AvgIpc) is 2.97. The molecule has 1 saturated heterocycles. The molecule has 1 aliphatic rings. The quantitative estimate of drug-likeness (QED) is 0.640. The van der Waals surface area contributed by atoms with Gasteiger partial charge in [-0.2, -0.15) is 0 Å². The number of carbonyl (C=O) groups excluding carboxylic acids is 2. The summed E-state index contributed by atoms with van der Waals surface area (Å²) in [5.74, 6) is 1.61. The SMILES string of the molecule is CCSc1nnc(NC(=O)CCN2CCSC2=O)s1.